The van der Waals surface area contributed by atoms with Crippen LogP contribution in [0.15, 0.2) is 79.0 Å². The van der Waals surface area contributed by atoms with Crippen LogP contribution in [-0.2, 0) is 13.0 Å². The third kappa shape index (κ3) is 4.43. The summed E-state index contributed by atoms with van der Waals surface area (Å²) in [6.45, 7) is 4.91. The summed E-state index contributed by atoms with van der Waals surface area (Å²) in [5.74, 6) is 2.01. The summed E-state index contributed by atoms with van der Waals surface area (Å²) in [6.07, 6.45) is 2.89. The van der Waals surface area contributed by atoms with Crippen LogP contribution in [0.25, 0.3) is 10.8 Å². The molecule has 164 valence electrons. The molecular weight excluding hydrogens is 398 g/mol. The minimum atomic E-state index is 0.347. The number of aromatic nitrogens is 1. The zero-order valence-electron chi connectivity index (χ0n) is 18.4. The molecule has 5 rings (SSSR count). The summed E-state index contributed by atoms with van der Waals surface area (Å²) >= 11 is 0. The minimum absolute atomic E-state index is 0.347. The van der Waals surface area contributed by atoms with Gasteiger partial charge in [-0.2, -0.15) is 0 Å². The number of hydrogen-bond donors (Lipinski definition) is 1. The average molecular weight is 428 g/mol. The van der Waals surface area contributed by atoms with E-state index in [2.05, 4.69) is 47.2 Å². The molecule has 0 bridgehead atoms. The molecular formula is C27H29N3O2. The summed E-state index contributed by atoms with van der Waals surface area (Å²) in [5.41, 5.74) is 2.40. The predicted octanol–water partition coefficient (Wildman–Crippen LogP) is 5.13. The molecule has 2 heterocycles. The van der Waals surface area contributed by atoms with Gasteiger partial charge in [-0.3, -0.25) is 0 Å². The standard InChI is InChI=1S/C27H29N3O2/c1-28-15-17-29(18-16-28)23-10-9-22-20-30(27(31)26(22)19-23)14-13-21-7-11-25(12-8-21)32-24-5-3-2-4-6-24/h2-12,19-20,31H,13-18H2,1H3. The van der Waals surface area contributed by atoms with Crippen molar-refractivity contribution in [3.05, 3.63) is 84.6 Å². The fraction of sp³-hybridized carbons (Fsp3) is 0.259. The summed E-state index contributed by atoms with van der Waals surface area (Å²) in [6, 6.07) is 24.4. The highest BCUT2D eigenvalue weighted by molar-refractivity contribution is 5.90. The van der Waals surface area contributed by atoms with E-state index < -0.39 is 0 Å². The van der Waals surface area contributed by atoms with E-state index >= 15 is 0 Å². The molecule has 0 atom stereocenters. The lowest BCUT2D eigenvalue weighted by Gasteiger charge is -2.34. The highest BCUT2D eigenvalue weighted by Crippen LogP contribution is 2.31. The second kappa shape index (κ2) is 8.97. The number of aryl methyl sites for hydroxylation is 2. The van der Waals surface area contributed by atoms with Gasteiger partial charge in [-0.15, -0.1) is 0 Å². The van der Waals surface area contributed by atoms with Gasteiger partial charge in [0, 0.05) is 55.4 Å². The van der Waals surface area contributed by atoms with Gasteiger partial charge in [-0.25, -0.2) is 0 Å². The van der Waals surface area contributed by atoms with E-state index in [1.54, 1.807) is 0 Å². The number of ether oxygens (including phenoxy) is 1. The Morgan fingerprint density at radius 3 is 2.31 bits per heavy atom. The quantitative estimate of drug-likeness (QED) is 0.463. The van der Waals surface area contributed by atoms with E-state index in [1.165, 1.54) is 11.3 Å². The van der Waals surface area contributed by atoms with E-state index in [0.717, 1.165) is 61.4 Å². The first-order chi connectivity index (χ1) is 15.7. The Labute approximate surface area is 189 Å². The number of rotatable bonds is 6. The number of benzene rings is 3. The van der Waals surface area contributed by atoms with Crippen molar-refractivity contribution in [2.24, 2.45) is 0 Å². The molecule has 0 radical (unpaired) electrons. The van der Waals surface area contributed by atoms with Crippen LogP contribution in [-0.4, -0.2) is 47.8 Å². The van der Waals surface area contributed by atoms with Crippen molar-refractivity contribution in [3.8, 4) is 17.4 Å². The van der Waals surface area contributed by atoms with Gasteiger partial charge in [0.1, 0.15) is 11.5 Å². The van der Waals surface area contributed by atoms with Crippen LogP contribution in [0.3, 0.4) is 0 Å². The van der Waals surface area contributed by atoms with Crippen molar-refractivity contribution in [2.75, 3.05) is 38.1 Å². The summed E-state index contributed by atoms with van der Waals surface area (Å²) in [7, 11) is 2.16. The van der Waals surface area contributed by atoms with Crippen LogP contribution in [0.2, 0.25) is 0 Å². The number of anilines is 1. The molecule has 0 amide bonds. The number of para-hydroxylation sites is 1. The van der Waals surface area contributed by atoms with E-state index in [1.807, 2.05) is 53.2 Å². The summed E-state index contributed by atoms with van der Waals surface area (Å²) < 4.78 is 7.82. The second-order valence-electron chi connectivity index (χ2n) is 8.52. The van der Waals surface area contributed by atoms with Crippen LogP contribution >= 0.6 is 0 Å². The van der Waals surface area contributed by atoms with Crippen molar-refractivity contribution < 1.29 is 9.84 Å². The monoisotopic (exact) mass is 427 g/mol. The highest BCUT2D eigenvalue weighted by Gasteiger charge is 2.16. The number of piperazine rings is 1. The van der Waals surface area contributed by atoms with Crippen LogP contribution < -0.4 is 9.64 Å². The normalized spacial score (nSPS) is 14.7. The van der Waals surface area contributed by atoms with Gasteiger partial charge in [-0.05, 0) is 55.4 Å². The number of fused-ring (bicyclic) bond motifs is 1. The zero-order chi connectivity index (χ0) is 21.9. The Hall–Kier alpha value is -3.44. The number of hydrogen-bond acceptors (Lipinski definition) is 4. The SMILES string of the molecule is CN1CCN(c2ccc3cn(CCc4ccc(Oc5ccccc5)cc4)c(O)c3c2)CC1. The Morgan fingerprint density at radius 1 is 0.844 bits per heavy atom. The van der Waals surface area contributed by atoms with E-state index in [0.29, 0.717) is 5.88 Å². The largest absolute Gasteiger partial charge is 0.494 e. The van der Waals surface area contributed by atoms with E-state index in [-0.39, 0.29) is 0 Å². The molecule has 0 spiro atoms. The lowest BCUT2D eigenvalue weighted by atomic mass is 10.1. The smallest absolute Gasteiger partial charge is 0.199 e. The maximum atomic E-state index is 10.9. The fourth-order valence-corrected chi connectivity index (χ4v) is 4.26. The molecule has 0 aliphatic carbocycles. The van der Waals surface area contributed by atoms with E-state index in [4.69, 9.17) is 4.74 Å². The molecule has 1 aliphatic heterocycles. The molecule has 3 aromatic carbocycles. The fourth-order valence-electron chi connectivity index (χ4n) is 4.26. The first kappa shape index (κ1) is 20.5. The molecule has 5 heteroatoms. The maximum Gasteiger partial charge on any atom is 0.199 e. The lowest BCUT2D eigenvalue weighted by Crippen LogP contribution is -2.44. The molecule has 1 N–H and O–H groups in total. The third-order valence-corrected chi connectivity index (χ3v) is 6.26. The Morgan fingerprint density at radius 2 is 1.56 bits per heavy atom. The topological polar surface area (TPSA) is 40.9 Å². The van der Waals surface area contributed by atoms with Crippen molar-refractivity contribution in [2.45, 2.75) is 13.0 Å². The zero-order valence-corrected chi connectivity index (χ0v) is 18.4. The first-order valence-electron chi connectivity index (χ1n) is 11.2. The number of aromatic hydroxyl groups is 1. The van der Waals surface area contributed by atoms with Crippen LogP contribution in [0, 0.1) is 0 Å². The van der Waals surface area contributed by atoms with Crippen molar-refractivity contribution in [1.82, 2.24) is 9.47 Å². The van der Waals surface area contributed by atoms with Crippen LogP contribution in [0.5, 0.6) is 17.4 Å². The molecule has 0 unspecified atom stereocenters. The maximum absolute atomic E-state index is 10.9. The van der Waals surface area contributed by atoms with Crippen molar-refractivity contribution >= 4 is 16.5 Å². The molecule has 1 aliphatic rings. The molecule has 1 aromatic heterocycles. The summed E-state index contributed by atoms with van der Waals surface area (Å²) in [5, 5.41) is 12.9. The molecule has 4 aromatic rings. The Kier molecular flexibility index (Phi) is 5.73. The molecule has 5 nitrogen and oxygen atoms in total. The highest BCUT2D eigenvalue weighted by atomic mass is 16.5. The summed E-state index contributed by atoms with van der Waals surface area (Å²) in [4.78, 5) is 4.75. The Bertz CT molecular complexity index is 1180. The minimum Gasteiger partial charge on any atom is -0.494 e. The third-order valence-electron chi connectivity index (χ3n) is 6.26. The Balaban J connectivity index is 1.25. The average Bonchev–Trinajstić information content (AvgIpc) is 3.15. The van der Waals surface area contributed by atoms with Crippen molar-refractivity contribution in [1.29, 1.82) is 0 Å². The van der Waals surface area contributed by atoms with E-state index in [9.17, 15) is 5.11 Å². The predicted molar refractivity (Wildman–Crippen MR) is 130 cm³/mol. The lowest BCUT2D eigenvalue weighted by molar-refractivity contribution is 0.313. The first-order valence-corrected chi connectivity index (χ1v) is 11.2. The molecule has 0 saturated carbocycles. The van der Waals surface area contributed by atoms with Crippen LogP contribution in [0.1, 0.15) is 5.56 Å². The molecule has 1 fully saturated rings. The molecule has 32 heavy (non-hydrogen) atoms. The van der Waals surface area contributed by atoms with Gasteiger partial charge < -0.3 is 24.2 Å². The van der Waals surface area contributed by atoms with Gasteiger partial charge in [-0.1, -0.05) is 36.4 Å². The van der Waals surface area contributed by atoms with Crippen molar-refractivity contribution in [3.63, 3.8) is 0 Å². The number of likely N-dealkylation sites (N-methyl/N-ethyl adjacent to an activating group) is 1. The second-order valence-corrected chi connectivity index (χ2v) is 8.52. The van der Waals surface area contributed by atoms with Gasteiger partial charge in [0.15, 0.2) is 5.88 Å². The van der Waals surface area contributed by atoms with Gasteiger partial charge >= 0.3 is 0 Å². The van der Waals surface area contributed by atoms with Gasteiger partial charge in [0.25, 0.3) is 0 Å². The van der Waals surface area contributed by atoms with Gasteiger partial charge in [0.05, 0.1) is 0 Å². The number of nitrogens with zero attached hydrogens (tertiary/aromatic N) is 3. The van der Waals surface area contributed by atoms with Crippen LogP contribution in [0.4, 0.5) is 5.69 Å². The molecule has 1 saturated heterocycles. The van der Waals surface area contributed by atoms with Gasteiger partial charge in [0.2, 0.25) is 0 Å².